The van der Waals surface area contributed by atoms with Gasteiger partial charge in [-0.3, -0.25) is 0 Å². The molecule has 0 spiro atoms. The second-order valence-corrected chi connectivity index (χ2v) is 6.68. The highest BCUT2D eigenvalue weighted by molar-refractivity contribution is 9.10. The van der Waals surface area contributed by atoms with Crippen LogP contribution in [0.4, 0.5) is 0 Å². The minimum atomic E-state index is 0.400. The van der Waals surface area contributed by atoms with Gasteiger partial charge in [0.15, 0.2) is 0 Å². The molecule has 2 nitrogen and oxygen atoms in total. The molecule has 0 saturated carbocycles. The summed E-state index contributed by atoms with van der Waals surface area (Å²) < 4.78 is 2.89. The fourth-order valence-corrected chi connectivity index (χ4v) is 3.13. The molecule has 20 heavy (non-hydrogen) atoms. The molecular formula is C15H17BrCl2N2. The van der Waals surface area contributed by atoms with E-state index in [1.807, 2.05) is 22.9 Å². The van der Waals surface area contributed by atoms with E-state index in [1.165, 1.54) is 0 Å². The maximum absolute atomic E-state index is 6.42. The molecule has 5 heteroatoms. The lowest BCUT2D eigenvalue weighted by Gasteiger charge is -2.06. The molecule has 0 saturated heterocycles. The molecule has 0 N–H and O–H groups in total. The van der Waals surface area contributed by atoms with Gasteiger partial charge in [-0.05, 0) is 24.0 Å². The van der Waals surface area contributed by atoms with Gasteiger partial charge in [-0.2, -0.15) is 5.10 Å². The third kappa shape index (κ3) is 3.57. The van der Waals surface area contributed by atoms with Gasteiger partial charge in [0.05, 0.1) is 18.1 Å². The molecule has 108 valence electrons. The molecule has 0 aliphatic rings. The van der Waals surface area contributed by atoms with Gasteiger partial charge in [-0.25, -0.2) is 4.68 Å². The van der Waals surface area contributed by atoms with Crippen LogP contribution in [0.25, 0.3) is 0 Å². The third-order valence-electron chi connectivity index (χ3n) is 3.08. The summed E-state index contributed by atoms with van der Waals surface area (Å²) in [5, 5.41) is 5.28. The Labute approximate surface area is 138 Å². The largest absolute Gasteiger partial charge is 0.249 e. The smallest absolute Gasteiger partial charge is 0.132 e. The number of halogens is 3. The lowest BCUT2D eigenvalue weighted by molar-refractivity contribution is 0.607. The molecular weight excluding hydrogens is 359 g/mol. The van der Waals surface area contributed by atoms with Crippen molar-refractivity contribution in [3.8, 4) is 0 Å². The second-order valence-electron chi connectivity index (χ2n) is 5.20. The Bertz CT molecular complexity index is 594. The van der Waals surface area contributed by atoms with Crippen LogP contribution in [0.3, 0.4) is 0 Å². The predicted octanol–water partition coefficient (Wildman–Crippen LogP) is 5.28. The van der Waals surface area contributed by atoms with Gasteiger partial charge in [-0.15, -0.1) is 11.6 Å². The minimum Gasteiger partial charge on any atom is -0.249 e. The Morgan fingerprint density at radius 2 is 2.00 bits per heavy atom. The average molecular weight is 376 g/mol. The van der Waals surface area contributed by atoms with Crippen LogP contribution in [-0.4, -0.2) is 9.78 Å². The van der Waals surface area contributed by atoms with Crippen LogP contribution < -0.4 is 0 Å². The lowest BCUT2D eigenvalue weighted by Crippen LogP contribution is -2.04. The van der Waals surface area contributed by atoms with Gasteiger partial charge in [0.25, 0.3) is 0 Å². The summed E-state index contributed by atoms with van der Waals surface area (Å²) in [7, 11) is 0. The van der Waals surface area contributed by atoms with Crippen LogP contribution in [-0.2, 0) is 18.8 Å². The molecule has 0 unspecified atom stereocenters. The highest BCUT2D eigenvalue weighted by atomic mass is 79.9. The Balaban J connectivity index is 2.33. The van der Waals surface area contributed by atoms with Crippen molar-refractivity contribution < 1.29 is 0 Å². The first-order valence-electron chi connectivity index (χ1n) is 6.56. The molecule has 0 aliphatic heterocycles. The van der Waals surface area contributed by atoms with Crippen molar-refractivity contribution >= 4 is 39.1 Å². The SMILES string of the molecule is CC(C)Cc1nn(Cc2ccccc2Br)c(Cl)c1CCl. The van der Waals surface area contributed by atoms with Crippen molar-refractivity contribution in [2.24, 2.45) is 5.92 Å². The second kappa shape index (κ2) is 6.97. The van der Waals surface area contributed by atoms with Crippen LogP contribution in [0.2, 0.25) is 5.15 Å². The number of hydrogen-bond donors (Lipinski definition) is 0. The van der Waals surface area contributed by atoms with Gasteiger partial charge in [0.1, 0.15) is 5.15 Å². The van der Waals surface area contributed by atoms with E-state index in [2.05, 4.69) is 40.9 Å². The number of alkyl halides is 1. The zero-order valence-electron chi connectivity index (χ0n) is 11.5. The quantitative estimate of drug-likeness (QED) is 0.649. The van der Waals surface area contributed by atoms with Crippen molar-refractivity contribution in [2.45, 2.75) is 32.7 Å². The number of nitrogens with zero attached hydrogens (tertiary/aromatic N) is 2. The van der Waals surface area contributed by atoms with Crippen molar-refractivity contribution in [1.29, 1.82) is 0 Å². The fourth-order valence-electron chi connectivity index (χ4n) is 2.10. The number of aromatic nitrogens is 2. The van der Waals surface area contributed by atoms with Crippen LogP contribution in [0.5, 0.6) is 0 Å². The number of hydrogen-bond acceptors (Lipinski definition) is 1. The van der Waals surface area contributed by atoms with Crippen LogP contribution >= 0.6 is 39.1 Å². The minimum absolute atomic E-state index is 0.400. The topological polar surface area (TPSA) is 17.8 Å². The summed E-state index contributed by atoms with van der Waals surface area (Å²) in [6, 6.07) is 8.08. The van der Waals surface area contributed by atoms with Gasteiger partial charge >= 0.3 is 0 Å². The fraction of sp³-hybridized carbons (Fsp3) is 0.400. The zero-order valence-corrected chi connectivity index (χ0v) is 14.6. The first-order chi connectivity index (χ1) is 9.52. The zero-order chi connectivity index (χ0) is 14.7. The van der Waals surface area contributed by atoms with E-state index in [-0.39, 0.29) is 0 Å². The highest BCUT2D eigenvalue weighted by Crippen LogP contribution is 2.26. The Hall–Kier alpha value is -0.510. The summed E-state index contributed by atoms with van der Waals surface area (Å²) in [6.45, 7) is 4.97. The van der Waals surface area contributed by atoms with E-state index in [0.29, 0.717) is 23.5 Å². The van der Waals surface area contributed by atoms with Gasteiger partial charge in [-0.1, -0.05) is 59.6 Å². The lowest BCUT2D eigenvalue weighted by atomic mass is 10.1. The molecule has 2 aromatic rings. The first kappa shape index (κ1) is 15.9. The molecule has 0 atom stereocenters. The van der Waals surface area contributed by atoms with E-state index in [9.17, 15) is 0 Å². The van der Waals surface area contributed by atoms with E-state index in [0.717, 1.165) is 27.7 Å². The molecule has 0 fully saturated rings. The molecule has 0 bridgehead atoms. The van der Waals surface area contributed by atoms with Gasteiger partial charge in [0, 0.05) is 10.0 Å². The highest BCUT2D eigenvalue weighted by Gasteiger charge is 2.17. The summed E-state index contributed by atoms with van der Waals surface area (Å²) in [5.41, 5.74) is 3.11. The Morgan fingerprint density at radius 1 is 1.30 bits per heavy atom. The molecule has 2 rings (SSSR count). The normalized spacial score (nSPS) is 11.3. The predicted molar refractivity (Wildman–Crippen MR) is 88.6 cm³/mol. The van der Waals surface area contributed by atoms with Crippen molar-refractivity contribution in [3.05, 3.63) is 50.7 Å². The number of benzene rings is 1. The average Bonchev–Trinajstić information content (AvgIpc) is 2.67. The molecule has 0 aliphatic carbocycles. The molecule has 1 aromatic carbocycles. The molecule has 1 aromatic heterocycles. The Kier molecular flexibility index (Phi) is 5.53. The van der Waals surface area contributed by atoms with E-state index in [1.54, 1.807) is 0 Å². The number of rotatable bonds is 5. The van der Waals surface area contributed by atoms with Gasteiger partial charge < -0.3 is 0 Å². The first-order valence-corrected chi connectivity index (χ1v) is 8.27. The van der Waals surface area contributed by atoms with Crippen LogP contribution in [0.1, 0.15) is 30.7 Å². The Morgan fingerprint density at radius 3 is 2.60 bits per heavy atom. The maximum Gasteiger partial charge on any atom is 0.132 e. The monoisotopic (exact) mass is 374 g/mol. The third-order valence-corrected chi connectivity index (χ3v) is 4.54. The van der Waals surface area contributed by atoms with Gasteiger partial charge in [0.2, 0.25) is 0 Å². The molecule has 1 heterocycles. The van der Waals surface area contributed by atoms with Crippen LogP contribution in [0, 0.1) is 5.92 Å². The standard InChI is InChI=1S/C15H17BrCl2N2/c1-10(2)7-14-12(8-17)15(18)20(19-14)9-11-5-3-4-6-13(11)16/h3-6,10H,7-9H2,1-2H3. The molecule has 0 radical (unpaired) electrons. The summed E-state index contributed by atoms with van der Waals surface area (Å²) in [4.78, 5) is 0. The van der Waals surface area contributed by atoms with Crippen molar-refractivity contribution in [2.75, 3.05) is 0 Å². The molecule has 0 amide bonds. The summed E-state index contributed by atoms with van der Waals surface area (Å²) in [5.74, 6) is 0.927. The summed E-state index contributed by atoms with van der Waals surface area (Å²) >= 11 is 16.0. The summed E-state index contributed by atoms with van der Waals surface area (Å²) in [6.07, 6.45) is 0.894. The van der Waals surface area contributed by atoms with Crippen molar-refractivity contribution in [1.82, 2.24) is 9.78 Å². The van der Waals surface area contributed by atoms with E-state index in [4.69, 9.17) is 23.2 Å². The van der Waals surface area contributed by atoms with Crippen molar-refractivity contribution in [3.63, 3.8) is 0 Å². The maximum atomic E-state index is 6.42. The van der Waals surface area contributed by atoms with E-state index < -0.39 is 0 Å². The van der Waals surface area contributed by atoms with Crippen LogP contribution in [0.15, 0.2) is 28.7 Å². The van der Waals surface area contributed by atoms with E-state index >= 15 is 0 Å².